The molecule has 0 aromatic carbocycles. The van der Waals surface area contributed by atoms with Crippen molar-refractivity contribution in [3.8, 4) is 0 Å². The Hall–Kier alpha value is -1.23. The lowest BCUT2D eigenvalue weighted by molar-refractivity contribution is 0.312. The minimum Gasteiger partial charge on any atom is -0.409 e. The van der Waals surface area contributed by atoms with Crippen LogP contribution in [0.3, 0.4) is 0 Å². The third-order valence-corrected chi connectivity index (χ3v) is 2.92. The third kappa shape index (κ3) is 2.07. The van der Waals surface area contributed by atoms with Crippen molar-refractivity contribution in [3.63, 3.8) is 0 Å². The first-order valence-corrected chi connectivity index (χ1v) is 5.09. The first-order valence-electron chi connectivity index (χ1n) is 4.71. The van der Waals surface area contributed by atoms with Crippen molar-refractivity contribution >= 4 is 17.4 Å². The number of hydrogen-bond acceptors (Lipinski definition) is 3. The van der Waals surface area contributed by atoms with Gasteiger partial charge in [0.15, 0.2) is 5.84 Å². The first kappa shape index (κ1) is 11.8. The Labute approximate surface area is 93.5 Å². The van der Waals surface area contributed by atoms with E-state index in [0.29, 0.717) is 11.4 Å². The summed E-state index contributed by atoms with van der Waals surface area (Å²) in [6.07, 6.45) is 0.689. The van der Waals surface area contributed by atoms with Gasteiger partial charge in [-0.1, -0.05) is 23.7 Å². The fourth-order valence-corrected chi connectivity index (χ4v) is 1.64. The molecule has 0 radical (unpaired) electrons. The van der Waals surface area contributed by atoms with Crippen molar-refractivity contribution in [1.29, 1.82) is 0 Å². The lowest BCUT2D eigenvalue weighted by atomic mass is 10.2. The Morgan fingerprint density at radius 1 is 1.67 bits per heavy atom. The van der Waals surface area contributed by atoms with Crippen LogP contribution in [0.1, 0.15) is 30.8 Å². The molecule has 0 aliphatic heterocycles. The molecule has 1 unspecified atom stereocenters. The van der Waals surface area contributed by atoms with Crippen molar-refractivity contribution in [2.45, 2.75) is 33.2 Å². The molecule has 1 rings (SSSR count). The summed E-state index contributed by atoms with van der Waals surface area (Å²) in [5.41, 5.74) is 7.16. The van der Waals surface area contributed by atoms with Crippen LogP contribution in [0.15, 0.2) is 5.16 Å². The van der Waals surface area contributed by atoms with Crippen LogP contribution in [-0.2, 0) is 0 Å². The van der Waals surface area contributed by atoms with E-state index in [9.17, 15) is 0 Å². The van der Waals surface area contributed by atoms with Gasteiger partial charge in [-0.2, -0.15) is 5.10 Å². The summed E-state index contributed by atoms with van der Waals surface area (Å²) in [5.74, 6) is 0.139. The summed E-state index contributed by atoms with van der Waals surface area (Å²) < 4.78 is 1.69. The summed E-state index contributed by atoms with van der Waals surface area (Å²) >= 11 is 6.02. The van der Waals surface area contributed by atoms with Gasteiger partial charge in [0.1, 0.15) is 6.04 Å². The number of nitrogens with zero attached hydrogens (tertiary/aromatic N) is 3. The molecule has 1 heterocycles. The van der Waals surface area contributed by atoms with Crippen LogP contribution in [0, 0.1) is 13.8 Å². The van der Waals surface area contributed by atoms with E-state index in [1.165, 1.54) is 0 Å². The maximum Gasteiger partial charge on any atom is 0.164 e. The second kappa shape index (κ2) is 4.53. The Kier molecular flexibility index (Phi) is 3.57. The van der Waals surface area contributed by atoms with Gasteiger partial charge in [-0.15, -0.1) is 0 Å². The van der Waals surface area contributed by atoms with E-state index in [4.69, 9.17) is 22.5 Å². The molecule has 1 aromatic heterocycles. The van der Waals surface area contributed by atoms with E-state index in [2.05, 4.69) is 10.3 Å². The van der Waals surface area contributed by atoms with E-state index in [1.807, 2.05) is 20.8 Å². The van der Waals surface area contributed by atoms with Crippen molar-refractivity contribution in [2.75, 3.05) is 0 Å². The number of nitrogens with two attached hydrogens (primary N) is 1. The van der Waals surface area contributed by atoms with Crippen LogP contribution in [0.2, 0.25) is 5.02 Å². The second-order valence-electron chi connectivity index (χ2n) is 3.38. The average Bonchev–Trinajstić information content (AvgIpc) is 2.47. The van der Waals surface area contributed by atoms with Crippen molar-refractivity contribution < 1.29 is 5.21 Å². The van der Waals surface area contributed by atoms with Crippen LogP contribution in [0.5, 0.6) is 0 Å². The number of halogens is 1. The van der Waals surface area contributed by atoms with Crippen LogP contribution >= 0.6 is 11.6 Å². The second-order valence-corrected chi connectivity index (χ2v) is 3.76. The van der Waals surface area contributed by atoms with Crippen LogP contribution in [0.25, 0.3) is 0 Å². The van der Waals surface area contributed by atoms with E-state index < -0.39 is 0 Å². The number of aromatic nitrogens is 2. The van der Waals surface area contributed by atoms with Gasteiger partial charge in [0.25, 0.3) is 0 Å². The third-order valence-electron chi connectivity index (χ3n) is 2.38. The fraction of sp³-hybridized carbons (Fsp3) is 0.556. The molecule has 1 atom stereocenters. The minimum absolute atomic E-state index is 0.139. The number of oxime groups is 1. The van der Waals surface area contributed by atoms with E-state index in [-0.39, 0.29) is 11.9 Å². The number of hydrogen-bond donors (Lipinski definition) is 2. The largest absolute Gasteiger partial charge is 0.409 e. The smallest absolute Gasteiger partial charge is 0.164 e. The average molecular weight is 231 g/mol. The molecule has 0 fully saturated rings. The van der Waals surface area contributed by atoms with Gasteiger partial charge in [0.2, 0.25) is 0 Å². The van der Waals surface area contributed by atoms with Crippen molar-refractivity contribution in [2.24, 2.45) is 10.9 Å². The molecule has 0 saturated heterocycles. The topological polar surface area (TPSA) is 76.4 Å². The summed E-state index contributed by atoms with van der Waals surface area (Å²) in [5, 5.41) is 16.5. The van der Waals surface area contributed by atoms with Crippen LogP contribution in [0.4, 0.5) is 0 Å². The minimum atomic E-state index is -0.249. The highest BCUT2D eigenvalue weighted by Crippen LogP contribution is 2.23. The monoisotopic (exact) mass is 230 g/mol. The number of rotatable bonds is 3. The molecule has 0 bridgehead atoms. The lowest BCUT2D eigenvalue weighted by Gasteiger charge is -2.15. The van der Waals surface area contributed by atoms with Gasteiger partial charge in [-0.05, 0) is 20.3 Å². The van der Waals surface area contributed by atoms with Gasteiger partial charge in [0.05, 0.1) is 16.4 Å². The highest BCUT2D eigenvalue weighted by molar-refractivity contribution is 6.31. The maximum absolute atomic E-state index is 8.65. The molecule has 1 aromatic rings. The molecule has 0 amide bonds. The zero-order valence-corrected chi connectivity index (χ0v) is 9.78. The van der Waals surface area contributed by atoms with Gasteiger partial charge < -0.3 is 10.9 Å². The molecule has 0 aliphatic rings. The highest BCUT2D eigenvalue weighted by Gasteiger charge is 2.19. The Bertz CT molecular complexity index is 386. The summed E-state index contributed by atoms with van der Waals surface area (Å²) in [6.45, 7) is 5.62. The predicted octanol–water partition coefficient (Wildman–Crippen LogP) is 1.85. The van der Waals surface area contributed by atoms with Crippen molar-refractivity contribution in [1.82, 2.24) is 9.78 Å². The molecule has 5 nitrogen and oxygen atoms in total. The zero-order valence-electron chi connectivity index (χ0n) is 9.03. The lowest BCUT2D eigenvalue weighted by Crippen LogP contribution is -2.28. The molecular formula is C9H15ClN4O. The fourth-order valence-electron chi connectivity index (χ4n) is 1.52. The molecule has 0 spiro atoms. The van der Waals surface area contributed by atoms with Crippen LogP contribution in [-0.4, -0.2) is 20.8 Å². The van der Waals surface area contributed by atoms with E-state index >= 15 is 0 Å². The van der Waals surface area contributed by atoms with Gasteiger partial charge >= 0.3 is 0 Å². The maximum atomic E-state index is 8.65. The number of aryl methyl sites for hydroxylation is 1. The predicted molar refractivity (Wildman–Crippen MR) is 59.4 cm³/mol. The zero-order chi connectivity index (χ0) is 11.6. The summed E-state index contributed by atoms with van der Waals surface area (Å²) in [4.78, 5) is 0. The molecule has 84 valence electrons. The highest BCUT2D eigenvalue weighted by atomic mass is 35.5. The SMILES string of the molecule is CCC(C(N)=NO)n1nc(C)c(Cl)c1C. The molecule has 3 N–H and O–H groups in total. The first-order chi connectivity index (χ1) is 7.02. The Morgan fingerprint density at radius 2 is 2.27 bits per heavy atom. The van der Waals surface area contributed by atoms with Gasteiger partial charge in [0, 0.05) is 0 Å². The molecule has 0 saturated carbocycles. The summed E-state index contributed by atoms with van der Waals surface area (Å²) in [7, 11) is 0. The molecule has 0 aliphatic carbocycles. The molecular weight excluding hydrogens is 216 g/mol. The van der Waals surface area contributed by atoms with E-state index in [1.54, 1.807) is 4.68 Å². The summed E-state index contributed by atoms with van der Waals surface area (Å²) in [6, 6.07) is -0.249. The normalized spacial score (nSPS) is 14.3. The quantitative estimate of drug-likeness (QED) is 0.360. The Balaban J connectivity index is 3.19. The van der Waals surface area contributed by atoms with Gasteiger partial charge in [-0.3, -0.25) is 4.68 Å². The Morgan fingerprint density at radius 3 is 2.60 bits per heavy atom. The number of amidine groups is 1. The van der Waals surface area contributed by atoms with Gasteiger partial charge in [-0.25, -0.2) is 0 Å². The van der Waals surface area contributed by atoms with E-state index in [0.717, 1.165) is 11.4 Å². The molecule has 6 heteroatoms. The standard InChI is InChI=1S/C9H15ClN4O/c1-4-7(9(11)13-15)14-6(3)8(10)5(2)12-14/h7,15H,4H2,1-3H3,(H2,11,13). The van der Waals surface area contributed by atoms with Crippen LogP contribution < -0.4 is 5.73 Å². The van der Waals surface area contributed by atoms with Crippen molar-refractivity contribution in [3.05, 3.63) is 16.4 Å². The molecule has 15 heavy (non-hydrogen) atoms.